The fourth-order valence-corrected chi connectivity index (χ4v) is 3.91. The molecule has 1 aliphatic heterocycles. The molecule has 2 heterocycles. The normalized spacial score (nSPS) is 15.6. The molecule has 158 valence electrons. The second-order valence-corrected chi connectivity index (χ2v) is 7.79. The summed E-state index contributed by atoms with van der Waals surface area (Å²) in [7, 11) is 1.59. The Hall–Kier alpha value is -2.41. The van der Waals surface area contributed by atoms with Crippen molar-refractivity contribution in [2.75, 3.05) is 26.7 Å². The van der Waals surface area contributed by atoms with E-state index in [2.05, 4.69) is 38.8 Å². The Labute approximate surface area is 173 Å². The van der Waals surface area contributed by atoms with Gasteiger partial charge in [-0.05, 0) is 31.0 Å². The van der Waals surface area contributed by atoms with Crippen LogP contribution in [0.4, 0.5) is 0 Å². The Morgan fingerprint density at radius 3 is 2.72 bits per heavy atom. The van der Waals surface area contributed by atoms with Crippen LogP contribution in [0.25, 0.3) is 0 Å². The van der Waals surface area contributed by atoms with E-state index in [0.717, 1.165) is 50.2 Å². The van der Waals surface area contributed by atoms with Crippen LogP contribution in [0, 0.1) is 5.92 Å². The lowest BCUT2D eigenvalue weighted by atomic mass is 10.0. The van der Waals surface area contributed by atoms with Gasteiger partial charge in [-0.2, -0.15) is 0 Å². The molecule has 29 heavy (non-hydrogen) atoms. The molecule has 7 heteroatoms. The van der Waals surface area contributed by atoms with Gasteiger partial charge in [-0.1, -0.05) is 32.8 Å². The molecule has 3 rings (SSSR count). The number of nitrogens with zero attached hydrogens (tertiary/aromatic N) is 4. The van der Waals surface area contributed by atoms with E-state index >= 15 is 0 Å². The number of hydrogen-bond acceptors (Lipinski definition) is 5. The largest absolute Gasteiger partial charge is 0.497 e. The van der Waals surface area contributed by atoms with Crippen molar-refractivity contribution in [3.63, 3.8) is 0 Å². The molecule has 0 radical (unpaired) electrons. The number of aromatic nitrogens is 3. The highest BCUT2D eigenvalue weighted by Gasteiger charge is 2.23. The van der Waals surface area contributed by atoms with Crippen molar-refractivity contribution in [1.82, 2.24) is 25.0 Å². The Morgan fingerprint density at radius 1 is 1.21 bits per heavy atom. The summed E-state index contributed by atoms with van der Waals surface area (Å²) < 4.78 is 7.40. The van der Waals surface area contributed by atoms with Crippen LogP contribution < -0.4 is 10.1 Å². The minimum atomic E-state index is -0.222. The predicted molar refractivity (Wildman–Crippen MR) is 113 cm³/mol. The summed E-state index contributed by atoms with van der Waals surface area (Å²) in [6, 6.07) is 6.94. The van der Waals surface area contributed by atoms with Crippen molar-refractivity contribution in [3.8, 4) is 5.75 Å². The molecular weight excluding hydrogens is 366 g/mol. The number of ether oxygens (including phenoxy) is 1. The second-order valence-electron chi connectivity index (χ2n) is 7.79. The van der Waals surface area contributed by atoms with Crippen LogP contribution in [0.5, 0.6) is 5.75 Å². The third-order valence-electron chi connectivity index (χ3n) is 5.89. The Balaban J connectivity index is 1.66. The maximum absolute atomic E-state index is 12.7. The maximum Gasteiger partial charge on any atom is 0.251 e. The van der Waals surface area contributed by atoms with E-state index in [1.165, 1.54) is 12.8 Å². The van der Waals surface area contributed by atoms with Crippen molar-refractivity contribution in [3.05, 3.63) is 41.5 Å². The molecule has 0 fully saturated rings. The fourth-order valence-electron chi connectivity index (χ4n) is 3.91. The number of nitrogens with one attached hydrogen (secondary N) is 1. The van der Waals surface area contributed by atoms with Crippen LogP contribution >= 0.6 is 0 Å². The predicted octanol–water partition coefficient (Wildman–Crippen LogP) is 3.07. The van der Waals surface area contributed by atoms with E-state index < -0.39 is 0 Å². The summed E-state index contributed by atoms with van der Waals surface area (Å²) in [5.74, 6) is 3.10. The van der Waals surface area contributed by atoms with E-state index in [9.17, 15) is 4.79 Å². The lowest BCUT2D eigenvalue weighted by Gasteiger charge is -2.24. The van der Waals surface area contributed by atoms with Crippen LogP contribution in [-0.2, 0) is 13.0 Å². The molecule has 0 saturated carbocycles. The number of carbonyl (C=O) groups is 1. The van der Waals surface area contributed by atoms with Gasteiger partial charge >= 0.3 is 0 Å². The topological polar surface area (TPSA) is 72.3 Å². The summed E-state index contributed by atoms with van der Waals surface area (Å²) in [6.07, 6.45) is 3.33. The first kappa shape index (κ1) is 21.3. The first-order chi connectivity index (χ1) is 14.0. The third-order valence-corrected chi connectivity index (χ3v) is 5.89. The zero-order valence-corrected chi connectivity index (χ0v) is 18.0. The number of carbonyl (C=O) groups excluding carboxylic acids is 1. The van der Waals surface area contributed by atoms with Crippen LogP contribution in [0.2, 0.25) is 0 Å². The summed E-state index contributed by atoms with van der Waals surface area (Å²) >= 11 is 0. The molecule has 1 N–H and O–H groups in total. The van der Waals surface area contributed by atoms with Crippen LogP contribution in [-0.4, -0.2) is 52.3 Å². The fraction of sp³-hybridized carbons (Fsp3) is 0.591. The van der Waals surface area contributed by atoms with Gasteiger partial charge in [0.2, 0.25) is 0 Å². The smallest absolute Gasteiger partial charge is 0.251 e. The molecular formula is C22H33N5O2. The average molecular weight is 400 g/mol. The SMILES string of the molecule is CCC(CC)CN1CCc2nnc([C@@H](C)NC(=O)c3cccc(OC)c3)n2CC1. The standard InChI is InChI=1S/C22H33N5O2/c1-5-17(6-2)15-26-11-10-20-24-25-21(27(20)13-12-26)16(3)23-22(28)18-8-7-9-19(14-18)29-4/h7-9,14,16-17H,5-6,10-13,15H2,1-4H3,(H,23,28)/t16-/m1/s1. The molecule has 1 aliphatic rings. The van der Waals surface area contributed by atoms with E-state index in [0.29, 0.717) is 11.3 Å². The molecule has 2 aromatic rings. The van der Waals surface area contributed by atoms with Crippen molar-refractivity contribution in [2.45, 2.75) is 52.6 Å². The third kappa shape index (κ3) is 5.15. The molecule has 0 bridgehead atoms. The van der Waals surface area contributed by atoms with Crippen molar-refractivity contribution >= 4 is 5.91 Å². The first-order valence-corrected chi connectivity index (χ1v) is 10.6. The van der Waals surface area contributed by atoms with E-state index in [-0.39, 0.29) is 11.9 Å². The number of fused-ring (bicyclic) bond motifs is 1. The van der Waals surface area contributed by atoms with Gasteiger partial charge in [0.05, 0.1) is 13.2 Å². The molecule has 0 spiro atoms. The van der Waals surface area contributed by atoms with Gasteiger partial charge in [-0.3, -0.25) is 4.79 Å². The van der Waals surface area contributed by atoms with Crippen LogP contribution in [0.3, 0.4) is 0 Å². The Bertz CT molecular complexity index is 815. The number of amides is 1. The molecule has 1 amide bonds. The average Bonchev–Trinajstić information content (AvgIpc) is 3.06. The van der Waals surface area contributed by atoms with E-state index in [1.54, 1.807) is 19.2 Å². The van der Waals surface area contributed by atoms with Gasteiger partial charge in [-0.15, -0.1) is 10.2 Å². The molecule has 1 aromatic carbocycles. The molecule has 1 aromatic heterocycles. The zero-order valence-electron chi connectivity index (χ0n) is 18.0. The first-order valence-electron chi connectivity index (χ1n) is 10.6. The minimum Gasteiger partial charge on any atom is -0.497 e. The van der Waals surface area contributed by atoms with Gasteiger partial charge in [-0.25, -0.2) is 0 Å². The van der Waals surface area contributed by atoms with Gasteiger partial charge < -0.3 is 19.5 Å². The quantitative estimate of drug-likeness (QED) is 0.739. The highest BCUT2D eigenvalue weighted by atomic mass is 16.5. The van der Waals surface area contributed by atoms with Crippen molar-refractivity contribution in [2.24, 2.45) is 5.92 Å². The molecule has 0 unspecified atom stereocenters. The van der Waals surface area contributed by atoms with Crippen LogP contribution in [0.15, 0.2) is 24.3 Å². The molecule has 7 nitrogen and oxygen atoms in total. The summed E-state index contributed by atoms with van der Waals surface area (Å²) in [5, 5.41) is 11.9. The zero-order chi connectivity index (χ0) is 20.8. The second kappa shape index (κ2) is 9.87. The Morgan fingerprint density at radius 2 is 2.00 bits per heavy atom. The highest BCUT2D eigenvalue weighted by Crippen LogP contribution is 2.19. The van der Waals surface area contributed by atoms with E-state index in [1.807, 2.05) is 19.1 Å². The number of benzene rings is 1. The lowest BCUT2D eigenvalue weighted by Crippen LogP contribution is -2.32. The number of methoxy groups -OCH3 is 1. The summed E-state index contributed by atoms with van der Waals surface area (Å²) in [6.45, 7) is 10.5. The number of hydrogen-bond donors (Lipinski definition) is 1. The summed E-state index contributed by atoms with van der Waals surface area (Å²) in [4.78, 5) is 15.2. The monoisotopic (exact) mass is 399 g/mol. The van der Waals surface area contributed by atoms with Crippen molar-refractivity contribution in [1.29, 1.82) is 0 Å². The van der Waals surface area contributed by atoms with Gasteiger partial charge in [0.1, 0.15) is 11.6 Å². The molecule has 0 aliphatic carbocycles. The number of rotatable bonds is 8. The maximum atomic E-state index is 12.7. The Kier molecular flexibility index (Phi) is 7.25. The van der Waals surface area contributed by atoms with Gasteiger partial charge in [0, 0.05) is 38.2 Å². The van der Waals surface area contributed by atoms with E-state index in [4.69, 9.17) is 4.74 Å². The van der Waals surface area contributed by atoms with Crippen molar-refractivity contribution < 1.29 is 9.53 Å². The molecule has 0 saturated heterocycles. The van der Waals surface area contributed by atoms with Gasteiger partial charge in [0.15, 0.2) is 5.82 Å². The summed E-state index contributed by atoms with van der Waals surface area (Å²) in [5.41, 5.74) is 0.572. The van der Waals surface area contributed by atoms with Crippen LogP contribution in [0.1, 0.15) is 61.7 Å². The van der Waals surface area contributed by atoms with Gasteiger partial charge in [0.25, 0.3) is 5.91 Å². The minimum absolute atomic E-state index is 0.141. The highest BCUT2D eigenvalue weighted by molar-refractivity contribution is 5.94. The molecule has 1 atom stereocenters. The lowest BCUT2D eigenvalue weighted by molar-refractivity contribution is 0.0937.